The van der Waals surface area contributed by atoms with Crippen LogP contribution in [0.15, 0.2) is 18.6 Å². The molecule has 1 atom stereocenters. The number of nitrogens with zero attached hydrogens (tertiary/aromatic N) is 4. The molecule has 0 aliphatic carbocycles. The molecule has 3 heterocycles. The predicted molar refractivity (Wildman–Crippen MR) is 80.7 cm³/mol. The third-order valence-corrected chi connectivity index (χ3v) is 4.10. The highest BCUT2D eigenvalue weighted by atomic mass is 16.5. The molecule has 0 radical (unpaired) electrons. The summed E-state index contributed by atoms with van der Waals surface area (Å²) in [4.78, 5) is 11.0. The first kappa shape index (κ1) is 13.9. The molecule has 0 bridgehead atoms. The van der Waals surface area contributed by atoms with Crippen molar-refractivity contribution in [3.63, 3.8) is 0 Å². The molecule has 6 heteroatoms. The number of piperidine rings is 1. The normalized spacial score (nSPS) is 18.8. The Balaban J connectivity index is 1.83. The van der Waals surface area contributed by atoms with E-state index in [4.69, 9.17) is 4.74 Å². The van der Waals surface area contributed by atoms with E-state index >= 15 is 0 Å². The summed E-state index contributed by atoms with van der Waals surface area (Å²) in [7, 11) is 1.64. The van der Waals surface area contributed by atoms with Crippen molar-refractivity contribution in [2.45, 2.75) is 32.1 Å². The topological polar surface area (TPSA) is 66.9 Å². The minimum Gasteiger partial charge on any atom is -0.478 e. The summed E-state index contributed by atoms with van der Waals surface area (Å²) in [5, 5.41) is 7.39. The van der Waals surface area contributed by atoms with Gasteiger partial charge in [-0.25, -0.2) is 9.97 Å². The molecule has 21 heavy (non-hydrogen) atoms. The molecule has 0 aromatic carbocycles. The minimum atomic E-state index is 0.461. The van der Waals surface area contributed by atoms with Crippen LogP contribution < -0.4 is 9.64 Å². The Morgan fingerprint density at radius 3 is 3.05 bits per heavy atom. The van der Waals surface area contributed by atoms with E-state index in [1.165, 1.54) is 17.7 Å². The Labute approximate surface area is 124 Å². The first-order chi connectivity index (χ1) is 10.3. The lowest BCUT2D eigenvalue weighted by Crippen LogP contribution is -2.35. The molecule has 1 fully saturated rings. The minimum absolute atomic E-state index is 0.461. The summed E-state index contributed by atoms with van der Waals surface area (Å²) in [5.74, 6) is 1.89. The van der Waals surface area contributed by atoms with Crippen molar-refractivity contribution in [1.29, 1.82) is 0 Å². The Kier molecular flexibility index (Phi) is 4.03. The number of H-pyrrole nitrogens is 1. The maximum atomic E-state index is 5.33. The SMILES string of the molecule is CCc1cn[nH]c1[C@@H]1CCCN(c2nccnc2OC)C1. The molecule has 1 aliphatic heterocycles. The zero-order valence-electron chi connectivity index (χ0n) is 12.5. The summed E-state index contributed by atoms with van der Waals surface area (Å²) in [6.07, 6.45) is 8.64. The van der Waals surface area contributed by atoms with E-state index in [-0.39, 0.29) is 0 Å². The zero-order chi connectivity index (χ0) is 14.7. The van der Waals surface area contributed by atoms with Gasteiger partial charge >= 0.3 is 0 Å². The van der Waals surface area contributed by atoms with Gasteiger partial charge in [-0.15, -0.1) is 0 Å². The number of aromatic amines is 1. The monoisotopic (exact) mass is 287 g/mol. The summed E-state index contributed by atoms with van der Waals surface area (Å²) in [6.45, 7) is 4.08. The van der Waals surface area contributed by atoms with Gasteiger partial charge in [0.05, 0.1) is 13.3 Å². The summed E-state index contributed by atoms with van der Waals surface area (Å²) in [6, 6.07) is 0. The number of nitrogens with one attached hydrogen (secondary N) is 1. The van der Waals surface area contributed by atoms with Gasteiger partial charge in [-0.05, 0) is 24.8 Å². The van der Waals surface area contributed by atoms with Gasteiger partial charge in [0.2, 0.25) is 0 Å². The molecule has 2 aromatic rings. The zero-order valence-corrected chi connectivity index (χ0v) is 12.5. The van der Waals surface area contributed by atoms with Crippen LogP contribution in [0.1, 0.15) is 36.9 Å². The molecule has 112 valence electrons. The number of aryl methyl sites for hydroxylation is 1. The largest absolute Gasteiger partial charge is 0.478 e. The maximum absolute atomic E-state index is 5.33. The van der Waals surface area contributed by atoms with Crippen molar-refractivity contribution in [2.75, 3.05) is 25.1 Å². The molecule has 0 saturated carbocycles. The molecule has 0 unspecified atom stereocenters. The van der Waals surface area contributed by atoms with Gasteiger partial charge in [0, 0.05) is 37.1 Å². The van der Waals surface area contributed by atoms with Crippen LogP contribution in [0.3, 0.4) is 0 Å². The lowest BCUT2D eigenvalue weighted by molar-refractivity contribution is 0.391. The first-order valence-electron chi connectivity index (χ1n) is 7.45. The third kappa shape index (κ3) is 2.70. The van der Waals surface area contributed by atoms with E-state index in [2.05, 4.69) is 32.0 Å². The average Bonchev–Trinajstić information content (AvgIpc) is 3.03. The summed E-state index contributed by atoms with van der Waals surface area (Å²) >= 11 is 0. The number of hydrogen-bond donors (Lipinski definition) is 1. The van der Waals surface area contributed by atoms with Gasteiger partial charge in [0.1, 0.15) is 0 Å². The van der Waals surface area contributed by atoms with Crippen LogP contribution in [0.25, 0.3) is 0 Å². The second kappa shape index (κ2) is 6.11. The molecule has 0 spiro atoms. The fourth-order valence-electron chi connectivity index (χ4n) is 3.04. The van der Waals surface area contributed by atoms with Crippen LogP contribution in [0, 0.1) is 0 Å². The van der Waals surface area contributed by atoms with Crippen LogP contribution in [0.4, 0.5) is 5.82 Å². The van der Waals surface area contributed by atoms with Gasteiger partial charge in [0.15, 0.2) is 5.82 Å². The van der Waals surface area contributed by atoms with Crippen molar-refractivity contribution >= 4 is 5.82 Å². The highest BCUT2D eigenvalue weighted by Crippen LogP contribution is 2.32. The molecule has 1 saturated heterocycles. The molecule has 1 N–H and O–H groups in total. The van der Waals surface area contributed by atoms with Crippen molar-refractivity contribution in [3.8, 4) is 5.88 Å². The molecule has 3 rings (SSSR count). The van der Waals surface area contributed by atoms with Crippen molar-refractivity contribution in [1.82, 2.24) is 20.2 Å². The van der Waals surface area contributed by atoms with E-state index in [0.717, 1.165) is 31.7 Å². The molecular formula is C15H21N5O. The van der Waals surface area contributed by atoms with Crippen LogP contribution in [-0.2, 0) is 6.42 Å². The van der Waals surface area contributed by atoms with Gasteiger partial charge in [-0.1, -0.05) is 6.92 Å². The van der Waals surface area contributed by atoms with Crippen LogP contribution in [-0.4, -0.2) is 40.4 Å². The Bertz CT molecular complexity index is 597. The Morgan fingerprint density at radius 1 is 1.38 bits per heavy atom. The highest BCUT2D eigenvalue weighted by molar-refractivity contribution is 5.48. The number of rotatable bonds is 4. The molecular weight excluding hydrogens is 266 g/mol. The van der Waals surface area contributed by atoms with Crippen LogP contribution in [0.2, 0.25) is 0 Å². The van der Waals surface area contributed by atoms with Gasteiger partial charge in [-0.2, -0.15) is 5.10 Å². The third-order valence-electron chi connectivity index (χ3n) is 4.10. The summed E-state index contributed by atoms with van der Waals surface area (Å²) < 4.78 is 5.33. The van der Waals surface area contributed by atoms with Gasteiger partial charge in [0.25, 0.3) is 5.88 Å². The number of methoxy groups -OCH3 is 1. The van der Waals surface area contributed by atoms with E-state index < -0.39 is 0 Å². The smallest absolute Gasteiger partial charge is 0.257 e. The lowest BCUT2D eigenvalue weighted by atomic mass is 9.92. The second-order valence-electron chi connectivity index (χ2n) is 5.34. The van der Waals surface area contributed by atoms with Gasteiger partial charge < -0.3 is 9.64 Å². The number of ether oxygens (including phenoxy) is 1. The van der Waals surface area contributed by atoms with E-state index in [1.54, 1.807) is 19.5 Å². The number of aromatic nitrogens is 4. The van der Waals surface area contributed by atoms with Crippen LogP contribution in [0.5, 0.6) is 5.88 Å². The van der Waals surface area contributed by atoms with Crippen LogP contribution >= 0.6 is 0 Å². The van der Waals surface area contributed by atoms with Crippen molar-refractivity contribution in [2.24, 2.45) is 0 Å². The number of hydrogen-bond acceptors (Lipinski definition) is 5. The fourth-order valence-corrected chi connectivity index (χ4v) is 3.04. The quantitative estimate of drug-likeness (QED) is 0.933. The standard InChI is InChI=1S/C15H21N5O/c1-3-11-9-18-19-13(11)12-5-4-8-20(10-12)14-15(21-2)17-7-6-16-14/h6-7,9,12H,3-5,8,10H2,1-2H3,(H,18,19)/t12-/m1/s1. The second-order valence-corrected chi connectivity index (χ2v) is 5.34. The Morgan fingerprint density at radius 2 is 2.24 bits per heavy atom. The average molecular weight is 287 g/mol. The van der Waals surface area contributed by atoms with Gasteiger partial charge in [-0.3, -0.25) is 5.10 Å². The first-order valence-corrected chi connectivity index (χ1v) is 7.45. The molecule has 6 nitrogen and oxygen atoms in total. The van der Waals surface area contributed by atoms with Crippen molar-refractivity contribution < 1.29 is 4.74 Å². The lowest BCUT2D eigenvalue weighted by Gasteiger charge is -2.33. The predicted octanol–water partition coefficient (Wildman–Crippen LogP) is 2.15. The van der Waals surface area contributed by atoms with E-state index in [1.807, 2.05) is 6.20 Å². The van der Waals surface area contributed by atoms with E-state index in [0.29, 0.717) is 11.8 Å². The maximum Gasteiger partial charge on any atom is 0.257 e. The number of anilines is 1. The summed E-state index contributed by atoms with van der Waals surface area (Å²) in [5.41, 5.74) is 2.58. The molecule has 1 aliphatic rings. The fraction of sp³-hybridized carbons (Fsp3) is 0.533. The van der Waals surface area contributed by atoms with Crippen molar-refractivity contribution in [3.05, 3.63) is 29.8 Å². The van der Waals surface area contributed by atoms with E-state index in [9.17, 15) is 0 Å². The molecule has 0 amide bonds. The highest BCUT2D eigenvalue weighted by Gasteiger charge is 2.26. The Hall–Kier alpha value is -2.11. The molecule has 2 aromatic heterocycles.